The van der Waals surface area contributed by atoms with E-state index in [1.54, 1.807) is 0 Å². The van der Waals surface area contributed by atoms with Gasteiger partial charge >= 0.3 is 0 Å². The van der Waals surface area contributed by atoms with Gasteiger partial charge in [-0.15, -0.1) is 0 Å². The molecule has 0 aliphatic heterocycles. The molecule has 2 rings (SSSR count). The van der Waals surface area contributed by atoms with Gasteiger partial charge in [-0.3, -0.25) is 0 Å². The minimum Gasteiger partial charge on any atom is -0.489 e. The lowest BCUT2D eigenvalue weighted by atomic mass is 10.2. The number of hydrogen-bond acceptors (Lipinski definition) is 3. The van der Waals surface area contributed by atoms with E-state index in [1.807, 2.05) is 66.7 Å². The maximum Gasteiger partial charge on any atom is 0.128 e. The predicted octanol–water partition coefficient (Wildman–Crippen LogP) is 3.59. The fraction of sp³-hybridized carbons (Fsp3) is 0.0625. The third-order valence-corrected chi connectivity index (χ3v) is 2.56. The van der Waals surface area contributed by atoms with E-state index < -0.39 is 0 Å². The molecule has 0 aromatic heterocycles. The molecular weight excluding hydrogens is 238 g/mol. The summed E-state index contributed by atoms with van der Waals surface area (Å²) < 4.78 is 5.62. The molecule has 0 saturated carbocycles. The first kappa shape index (κ1) is 12.9. The molecule has 2 aromatic rings. The zero-order valence-electron chi connectivity index (χ0n) is 10.4. The molecule has 1 N–H and O–H groups in total. The van der Waals surface area contributed by atoms with E-state index in [2.05, 4.69) is 5.16 Å². The lowest BCUT2D eigenvalue weighted by molar-refractivity contribution is 0.321. The van der Waals surface area contributed by atoms with Crippen LogP contribution in [-0.4, -0.2) is 18.0 Å². The van der Waals surface area contributed by atoms with E-state index in [0.717, 1.165) is 11.1 Å². The van der Waals surface area contributed by atoms with E-state index in [9.17, 15) is 0 Å². The monoisotopic (exact) mass is 253 g/mol. The maximum absolute atomic E-state index is 8.56. The second-order valence-electron chi connectivity index (χ2n) is 3.91. The van der Waals surface area contributed by atoms with Gasteiger partial charge in [-0.2, -0.15) is 0 Å². The highest BCUT2D eigenvalue weighted by Crippen LogP contribution is 2.15. The molecule has 0 unspecified atom stereocenters. The van der Waals surface area contributed by atoms with Crippen molar-refractivity contribution < 1.29 is 9.94 Å². The van der Waals surface area contributed by atoms with Crippen LogP contribution in [0.4, 0.5) is 0 Å². The minimum atomic E-state index is 0.463. The Morgan fingerprint density at radius 2 is 1.74 bits per heavy atom. The third kappa shape index (κ3) is 4.00. The van der Waals surface area contributed by atoms with Crippen LogP contribution in [0.2, 0.25) is 0 Å². The molecule has 2 aromatic carbocycles. The summed E-state index contributed by atoms with van der Waals surface area (Å²) in [4.78, 5) is 0. The van der Waals surface area contributed by atoms with E-state index in [4.69, 9.17) is 9.94 Å². The minimum absolute atomic E-state index is 0.463. The number of oxime groups is 1. The van der Waals surface area contributed by atoms with E-state index in [1.165, 1.54) is 6.21 Å². The lowest BCUT2D eigenvalue weighted by Crippen LogP contribution is -1.97. The van der Waals surface area contributed by atoms with Gasteiger partial charge in [-0.1, -0.05) is 53.7 Å². The molecule has 0 heterocycles. The molecule has 0 radical (unpaired) electrons. The molecule has 0 aliphatic carbocycles. The zero-order chi connectivity index (χ0) is 13.3. The van der Waals surface area contributed by atoms with Crippen LogP contribution in [0.15, 0.2) is 65.8 Å². The van der Waals surface area contributed by atoms with Gasteiger partial charge in [0.15, 0.2) is 0 Å². The van der Waals surface area contributed by atoms with Gasteiger partial charge in [-0.25, -0.2) is 0 Å². The summed E-state index contributed by atoms with van der Waals surface area (Å²) in [6.45, 7) is 0.463. The molecule has 0 fully saturated rings. The molecule has 19 heavy (non-hydrogen) atoms. The van der Waals surface area contributed by atoms with Crippen molar-refractivity contribution in [2.45, 2.75) is 0 Å². The highest BCUT2D eigenvalue weighted by atomic mass is 16.5. The molecule has 96 valence electrons. The fourth-order valence-corrected chi connectivity index (χ4v) is 1.67. The number of nitrogens with zero attached hydrogens (tertiary/aromatic N) is 1. The van der Waals surface area contributed by atoms with Crippen LogP contribution < -0.4 is 4.74 Å². The number of ether oxygens (including phenoxy) is 1. The van der Waals surface area contributed by atoms with Crippen LogP contribution >= 0.6 is 0 Å². The molecule has 0 spiro atoms. The summed E-state index contributed by atoms with van der Waals surface area (Å²) in [5, 5.41) is 11.6. The Balaban J connectivity index is 1.94. The Kier molecular flexibility index (Phi) is 4.76. The van der Waals surface area contributed by atoms with Crippen LogP contribution in [0.25, 0.3) is 6.08 Å². The Morgan fingerprint density at radius 1 is 1.00 bits per heavy atom. The van der Waals surface area contributed by atoms with Crippen LogP contribution in [0.1, 0.15) is 11.1 Å². The number of benzene rings is 2. The molecule has 0 aliphatic rings. The second kappa shape index (κ2) is 7.01. The first-order chi connectivity index (χ1) is 9.40. The summed E-state index contributed by atoms with van der Waals surface area (Å²) in [6.07, 6.45) is 5.31. The van der Waals surface area contributed by atoms with Gasteiger partial charge < -0.3 is 9.94 Å². The van der Waals surface area contributed by atoms with E-state index in [-0.39, 0.29) is 0 Å². The molecule has 0 saturated heterocycles. The maximum atomic E-state index is 8.56. The normalized spacial score (nSPS) is 11.2. The Labute approximate surface area is 112 Å². The highest BCUT2D eigenvalue weighted by molar-refractivity contribution is 5.82. The van der Waals surface area contributed by atoms with Crippen molar-refractivity contribution in [2.24, 2.45) is 5.16 Å². The average Bonchev–Trinajstić information content (AvgIpc) is 2.47. The molecule has 0 atom stereocenters. The van der Waals surface area contributed by atoms with Gasteiger partial charge in [0.05, 0.1) is 6.21 Å². The molecular formula is C16H15NO2. The van der Waals surface area contributed by atoms with Crippen molar-refractivity contribution >= 4 is 12.3 Å². The summed E-state index contributed by atoms with van der Waals surface area (Å²) in [5.41, 5.74) is 1.88. The standard InChI is InChI=1S/C16H15NO2/c18-17-13-15-10-4-5-11-16(15)19-12-6-9-14-7-2-1-3-8-14/h1-11,13,18H,12H2/b9-6+,17-13+. The molecule has 3 heteroatoms. The quantitative estimate of drug-likeness (QED) is 0.502. The average molecular weight is 253 g/mol. The van der Waals surface area contributed by atoms with Crippen molar-refractivity contribution in [1.82, 2.24) is 0 Å². The smallest absolute Gasteiger partial charge is 0.128 e. The Bertz CT molecular complexity index is 562. The van der Waals surface area contributed by atoms with Gasteiger partial charge in [0.1, 0.15) is 12.4 Å². The first-order valence-corrected chi connectivity index (χ1v) is 6.01. The van der Waals surface area contributed by atoms with Gasteiger partial charge in [0.2, 0.25) is 0 Å². The van der Waals surface area contributed by atoms with Crippen LogP contribution in [0, 0.1) is 0 Å². The Hall–Kier alpha value is -2.55. The second-order valence-corrected chi connectivity index (χ2v) is 3.91. The predicted molar refractivity (Wildman–Crippen MR) is 76.8 cm³/mol. The largest absolute Gasteiger partial charge is 0.489 e. The number of rotatable bonds is 5. The van der Waals surface area contributed by atoms with Crippen LogP contribution in [0.3, 0.4) is 0 Å². The Morgan fingerprint density at radius 3 is 2.53 bits per heavy atom. The zero-order valence-corrected chi connectivity index (χ0v) is 10.4. The van der Waals surface area contributed by atoms with Crippen molar-refractivity contribution in [2.75, 3.05) is 6.61 Å². The SMILES string of the molecule is O/N=C/c1ccccc1OC/C=C/c1ccccc1. The van der Waals surface area contributed by atoms with Crippen LogP contribution in [-0.2, 0) is 0 Å². The molecule has 0 amide bonds. The summed E-state index contributed by atoms with van der Waals surface area (Å²) in [7, 11) is 0. The van der Waals surface area contributed by atoms with Crippen molar-refractivity contribution in [1.29, 1.82) is 0 Å². The molecule has 3 nitrogen and oxygen atoms in total. The van der Waals surface area contributed by atoms with E-state index in [0.29, 0.717) is 12.4 Å². The van der Waals surface area contributed by atoms with Gasteiger partial charge in [0, 0.05) is 5.56 Å². The summed E-state index contributed by atoms with van der Waals surface area (Å²) >= 11 is 0. The molecule has 0 bridgehead atoms. The number of hydrogen-bond donors (Lipinski definition) is 1. The summed E-state index contributed by atoms with van der Waals surface area (Å²) in [5.74, 6) is 0.693. The topological polar surface area (TPSA) is 41.8 Å². The fourth-order valence-electron chi connectivity index (χ4n) is 1.67. The van der Waals surface area contributed by atoms with Gasteiger partial charge in [-0.05, 0) is 23.8 Å². The van der Waals surface area contributed by atoms with Crippen molar-refractivity contribution in [3.8, 4) is 5.75 Å². The lowest BCUT2D eigenvalue weighted by Gasteiger charge is -2.05. The third-order valence-electron chi connectivity index (χ3n) is 2.56. The highest BCUT2D eigenvalue weighted by Gasteiger charge is 1.98. The van der Waals surface area contributed by atoms with Gasteiger partial charge in [0.25, 0.3) is 0 Å². The van der Waals surface area contributed by atoms with Crippen LogP contribution in [0.5, 0.6) is 5.75 Å². The van der Waals surface area contributed by atoms with E-state index >= 15 is 0 Å². The number of para-hydroxylation sites is 1. The van der Waals surface area contributed by atoms with Crippen molar-refractivity contribution in [3.63, 3.8) is 0 Å². The van der Waals surface area contributed by atoms with Crippen molar-refractivity contribution in [3.05, 3.63) is 71.8 Å². The summed E-state index contributed by atoms with van der Waals surface area (Å²) in [6, 6.07) is 17.4. The first-order valence-electron chi connectivity index (χ1n) is 6.01.